The van der Waals surface area contributed by atoms with Crippen LogP contribution in [0.1, 0.15) is 34.5 Å². The van der Waals surface area contributed by atoms with Crippen molar-refractivity contribution in [1.29, 1.82) is 0 Å². The number of nitrogens with one attached hydrogen (secondary N) is 2. The number of rotatable bonds is 7. The number of hydrogen-bond donors (Lipinski definition) is 2. The number of para-hydroxylation sites is 2. The Bertz CT molecular complexity index is 1070. The summed E-state index contributed by atoms with van der Waals surface area (Å²) in [5, 5.41) is 16.8. The van der Waals surface area contributed by atoms with E-state index in [1.807, 2.05) is 37.3 Å². The number of carbonyl (C=O) groups is 2. The molecule has 0 radical (unpaired) electrons. The molecule has 1 atom stereocenters. The van der Waals surface area contributed by atoms with Crippen molar-refractivity contribution in [3.05, 3.63) is 106 Å². The predicted molar refractivity (Wildman–Crippen MR) is 114 cm³/mol. The monoisotopic (exact) mass is 403 g/mol. The molecule has 30 heavy (non-hydrogen) atoms. The van der Waals surface area contributed by atoms with Crippen LogP contribution >= 0.6 is 0 Å². The molecule has 0 aliphatic heterocycles. The fraction of sp³-hybridized carbons (Fsp3) is 0.130. The molecule has 1 unspecified atom stereocenters. The fourth-order valence-electron chi connectivity index (χ4n) is 3.10. The average Bonchev–Trinajstić information content (AvgIpc) is 2.74. The molecule has 0 fully saturated rings. The molecule has 3 aromatic carbocycles. The maximum absolute atomic E-state index is 12.8. The van der Waals surface area contributed by atoms with Gasteiger partial charge in [-0.15, -0.1) is 0 Å². The van der Waals surface area contributed by atoms with Gasteiger partial charge in [0.05, 0.1) is 28.6 Å². The first-order valence-corrected chi connectivity index (χ1v) is 9.42. The van der Waals surface area contributed by atoms with Crippen LogP contribution in [-0.2, 0) is 11.2 Å². The lowest BCUT2D eigenvalue weighted by Gasteiger charge is -2.16. The van der Waals surface area contributed by atoms with E-state index in [-0.39, 0.29) is 24.1 Å². The van der Waals surface area contributed by atoms with Crippen LogP contribution in [0, 0.1) is 10.1 Å². The molecule has 0 aromatic heterocycles. The highest BCUT2D eigenvalue weighted by atomic mass is 16.6. The molecule has 3 aromatic rings. The fourth-order valence-corrected chi connectivity index (χ4v) is 3.10. The Balaban J connectivity index is 1.73. The van der Waals surface area contributed by atoms with Crippen LogP contribution in [0.2, 0.25) is 0 Å². The zero-order chi connectivity index (χ0) is 21.5. The highest BCUT2D eigenvalue weighted by Gasteiger charge is 2.18. The quantitative estimate of drug-likeness (QED) is 0.454. The number of nitro groups is 1. The Kier molecular flexibility index (Phi) is 6.54. The van der Waals surface area contributed by atoms with Crippen molar-refractivity contribution in [1.82, 2.24) is 5.32 Å². The second-order valence-electron chi connectivity index (χ2n) is 6.76. The Morgan fingerprint density at radius 1 is 0.933 bits per heavy atom. The molecule has 0 saturated carbocycles. The second kappa shape index (κ2) is 9.47. The first-order chi connectivity index (χ1) is 14.5. The van der Waals surface area contributed by atoms with Gasteiger partial charge in [0, 0.05) is 11.6 Å². The maximum atomic E-state index is 12.8. The summed E-state index contributed by atoms with van der Waals surface area (Å²) < 4.78 is 0. The third-order valence-electron chi connectivity index (χ3n) is 4.63. The largest absolute Gasteiger partial charge is 0.345 e. The third-order valence-corrected chi connectivity index (χ3v) is 4.63. The minimum Gasteiger partial charge on any atom is -0.345 e. The van der Waals surface area contributed by atoms with Crippen molar-refractivity contribution >= 4 is 23.2 Å². The highest BCUT2D eigenvalue weighted by molar-refractivity contribution is 6.04. The first kappa shape index (κ1) is 20.7. The molecular formula is C23H21N3O4. The molecule has 0 bridgehead atoms. The number of nitro benzene ring substituents is 1. The SMILES string of the molecule is CC(NC(=O)c1ccccc1NC(=O)Cc1ccccc1[N+](=O)[O-])c1ccccc1. The van der Waals surface area contributed by atoms with Gasteiger partial charge in [-0.25, -0.2) is 0 Å². The molecule has 0 aliphatic rings. The van der Waals surface area contributed by atoms with Crippen LogP contribution in [0.3, 0.4) is 0 Å². The topological polar surface area (TPSA) is 101 Å². The van der Waals surface area contributed by atoms with Crippen molar-refractivity contribution in [2.24, 2.45) is 0 Å². The van der Waals surface area contributed by atoms with Crippen molar-refractivity contribution in [2.75, 3.05) is 5.32 Å². The lowest BCUT2D eigenvalue weighted by atomic mass is 10.1. The number of nitrogens with zero attached hydrogens (tertiary/aromatic N) is 1. The van der Waals surface area contributed by atoms with E-state index in [0.717, 1.165) is 5.56 Å². The average molecular weight is 403 g/mol. The van der Waals surface area contributed by atoms with Gasteiger partial charge < -0.3 is 10.6 Å². The van der Waals surface area contributed by atoms with E-state index < -0.39 is 10.8 Å². The van der Waals surface area contributed by atoms with Gasteiger partial charge in [-0.3, -0.25) is 19.7 Å². The van der Waals surface area contributed by atoms with Gasteiger partial charge in [0.2, 0.25) is 5.91 Å². The minimum atomic E-state index is -0.519. The Hall–Kier alpha value is -4.00. The number of amides is 2. The Morgan fingerprint density at radius 3 is 2.30 bits per heavy atom. The summed E-state index contributed by atoms with van der Waals surface area (Å²) in [6, 6.07) is 22.1. The highest BCUT2D eigenvalue weighted by Crippen LogP contribution is 2.21. The lowest BCUT2D eigenvalue weighted by molar-refractivity contribution is -0.385. The molecule has 0 saturated heterocycles. The van der Waals surface area contributed by atoms with Crippen molar-refractivity contribution in [3.8, 4) is 0 Å². The predicted octanol–water partition coefficient (Wildman–Crippen LogP) is 4.27. The van der Waals surface area contributed by atoms with Gasteiger partial charge >= 0.3 is 0 Å². The van der Waals surface area contributed by atoms with Gasteiger partial charge in [-0.1, -0.05) is 60.7 Å². The van der Waals surface area contributed by atoms with E-state index in [2.05, 4.69) is 10.6 Å². The van der Waals surface area contributed by atoms with Gasteiger partial charge in [-0.05, 0) is 24.6 Å². The molecule has 2 N–H and O–H groups in total. The van der Waals surface area contributed by atoms with Gasteiger partial charge in [0.15, 0.2) is 0 Å². The molecule has 0 aliphatic carbocycles. The van der Waals surface area contributed by atoms with Crippen LogP contribution in [0.5, 0.6) is 0 Å². The zero-order valence-electron chi connectivity index (χ0n) is 16.4. The van der Waals surface area contributed by atoms with Gasteiger partial charge in [0.25, 0.3) is 11.6 Å². The molecule has 3 rings (SSSR count). The first-order valence-electron chi connectivity index (χ1n) is 9.42. The maximum Gasteiger partial charge on any atom is 0.273 e. The molecule has 7 nitrogen and oxygen atoms in total. The minimum absolute atomic E-state index is 0.115. The van der Waals surface area contributed by atoms with E-state index in [1.54, 1.807) is 36.4 Å². The smallest absolute Gasteiger partial charge is 0.273 e. The van der Waals surface area contributed by atoms with Crippen LogP contribution in [0.15, 0.2) is 78.9 Å². The summed E-state index contributed by atoms with van der Waals surface area (Å²) in [6.45, 7) is 1.88. The molecule has 0 spiro atoms. The number of hydrogen-bond acceptors (Lipinski definition) is 4. The number of anilines is 1. The zero-order valence-corrected chi connectivity index (χ0v) is 16.4. The number of benzene rings is 3. The van der Waals surface area contributed by atoms with Crippen LogP contribution in [0.4, 0.5) is 11.4 Å². The Labute approximate surface area is 173 Å². The molecular weight excluding hydrogens is 382 g/mol. The van der Waals surface area contributed by atoms with Crippen LogP contribution < -0.4 is 10.6 Å². The summed E-state index contributed by atoms with van der Waals surface area (Å²) in [4.78, 5) is 35.9. The van der Waals surface area contributed by atoms with Crippen molar-refractivity contribution < 1.29 is 14.5 Å². The van der Waals surface area contributed by atoms with Crippen molar-refractivity contribution in [2.45, 2.75) is 19.4 Å². The summed E-state index contributed by atoms with van der Waals surface area (Å²) in [5.74, 6) is -0.770. The van der Waals surface area contributed by atoms with Gasteiger partial charge in [0.1, 0.15) is 0 Å². The van der Waals surface area contributed by atoms with Crippen LogP contribution in [0.25, 0.3) is 0 Å². The molecule has 7 heteroatoms. The summed E-state index contributed by atoms with van der Waals surface area (Å²) in [7, 11) is 0. The van der Waals surface area contributed by atoms with E-state index in [9.17, 15) is 19.7 Å². The summed E-state index contributed by atoms with van der Waals surface area (Å²) >= 11 is 0. The molecule has 2 amide bonds. The molecule has 0 heterocycles. The standard InChI is InChI=1S/C23H21N3O4/c1-16(17-9-3-2-4-10-17)24-23(28)19-12-6-7-13-20(19)25-22(27)15-18-11-5-8-14-21(18)26(29)30/h2-14,16H,15H2,1H3,(H,24,28)(H,25,27). The summed E-state index contributed by atoms with van der Waals surface area (Å²) in [6.07, 6.45) is -0.173. The second-order valence-corrected chi connectivity index (χ2v) is 6.76. The van der Waals surface area contributed by atoms with Gasteiger partial charge in [-0.2, -0.15) is 0 Å². The number of carbonyl (C=O) groups excluding carboxylic acids is 2. The van der Waals surface area contributed by atoms with E-state index >= 15 is 0 Å². The van der Waals surface area contributed by atoms with E-state index in [1.165, 1.54) is 12.1 Å². The van der Waals surface area contributed by atoms with Crippen LogP contribution in [-0.4, -0.2) is 16.7 Å². The van der Waals surface area contributed by atoms with Crippen molar-refractivity contribution in [3.63, 3.8) is 0 Å². The molecule has 152 valence electrons. The van der Waals surface area contributed by atoms with E-state index in [4.69, 9.17) is 0 Å². The Morgan fingerprint density at radius 2 is 1.57 bits per heavy atom. The normalized spacial score (nSPS) is 11.4. The summed E-state index contributed by atoms with van der Waals surface area (Å²) in [5.41, 5.74) is 1.81. The lowest BCUT2D eigenvalue weighted by Crippen LogP contribution is -2.28. The third kappa shape index (κ3) is 5.08. The van der Waals surface area contributed by atoms with E-state index in [0.29, 0.717) is 16.8 Å².